The molecule has 0 spiro atoms. The molecular weight excluding hydrogens is 250 g/mol. The average molecular weight is 270 g/mol. The molecule has 3 nitrogen and oxygen atoms in total. The van der Waals surface area contributed by atoms with E-state index in [1.54, 1.807) is 0 Å². The predicted octanol–water partition coefficient (Wildman–Crippen LogP) is 3.17. The van der Waals surface area contributed by atoms with Crippen LogP contribution in [0.5, 0.6) is 0 Å². The zero-order chi connectivity index (χ0) is 14.6. The van der Waals surface area contributed by atoms with E-state index in [-0.39, 0.29) is 16.7 Å². The van der Waals surface area contributed by atoms with Crippen molar-refractivity contribution in [1.29, 1.82) is 0 Å². The van der Waals surface area contributed by atoms with Crippen LogP contribution >= 0.6 is 0 Å². The van der Waals surface area contributed by atoms with Crippen LogP contribution in [0.1, 0.15) is 37.6 Å². The normalized spacial score (nSPS) is 11.3. The van der Waals surface area contributed by atoms with Gasteiger partial charge in [-0.3, -0.25) is 4.79 Å². The zero-order valence-corrected chi connectivity index (χ0v) is 11.7. The van der Waals surface area contributed by atoms with E-state index >= 15 is 0 Å². The van der Waals surface area contributed by atoms with Crippen molar-refractivity contribution in [3.8, 4) is 0 Å². The molecule has 0 radical (unpaired) electrons. The van der Waals surface area contributed by atoms with Gasteiger partial charge in [-0.2, -0.15) is 0 Å². The van der Waals surface area contributed by atoms with Gasteiger partial charge in [-0.25, -0.2) is 8.78 Å². The summed E-state index contributed by atoms with van der Waals surface area (Å²) in [6, 6.07) is 2.06. The van der Waals surface area contributed by atoms with Gasteiger partial charge in [0, 0.05) is 19.2 Å². The quantitative estimate of drug-likeness (QED) is 0.882. The van der Waals surface area contributed by atoms with E-state index in [1.807, 2.05) is 0 Å². The Morgan fingerprint density at radius 1 is 1.21 bits per heavy atom. The van der Waals surface area contributed by atoms with Crippen LogP contribution < -0.4 is 10.6 Å². The van der Waals surface area contributed by atoms with E-state index in [4.69, 9.17) is 0 Å². The number of anilines is 1. The van der Waals surface area contributed by atoms with E-state index in [1.165, 1.54) is 7.05 Å². The molecule has 1 aromatic carbocycles. The molecule has 0 unspecified atom stereocenters. The van der Waals surface area contributed by atoms with Gasteiger partial charge >= 0.3 is 0 Å². The number of rotatable bonds is 4. The largest absolute Gasteiger partial charge is 0.383 e. The standard InChI is InChI=1S/C14H20F2N2O/c1-14(2,3)5-6-18-13(19)9-7-10(15)12(17-4)11(16)8-9/h7-8,17H,5-6H2,1-4H3,(H,18,19). The van der Waals surface area contributed by atoms with Crippen molar-refractivity contribution in [1.82, 2.24) is 5.32 Å². The number of hydrogen-bond donors (Lipinski definition) is 2. The molecule has 0 saturated heterocycles. The van der Waals surface area contributed by atoms with Crippen molar-refractivity contribution in [2.24, 2.45) is 5.41 Å². The Balaban J connectivity index is 2.73. The summed E-state index contributed by atoms with van der Waals surface area (Å²) >= 11 is 0. The number of benzene rings is 1. The second kappa shape index (κ2) is 5.99. The van der Waals surface area contributed by atoms with E-state index in [0.29, 0.717) is 6.54 Å². The lowest BCUT2D eigenvalue weighted by molar-refractivity contribution is 0.0948. The fourth-order valence-electron chi connectivity index (χ4n) is 1.60. The third-order valence-corrected chi connectivity index (χ3v) is 2.71. The number of carbonyl (C=O) groups excluding carboxylic acids is 1. The zero-order valence-electron chi connectivity index (χ0n) is 11.7. The molecule has 5 heteroatoms. The van der Waals surface area contributed by atoms with Crippen LogP contribution in [0.3, 0.4) is 0 Å². The first-order valence-electron chi connectivity index (χ1n) is 6.19. The summed E-state index contributed by atoms with van der Waals surface area (Å²) in [5.41, 5.74) is -0.145. The highest BCUT2D eigenvalue weighted by atomic mass is 19.1. The topological polar surface area (TPSA) is 41.1 Å². The maximum Gasteiger partial charge on any atom is 0.251 e. The van der Waals surface area contributed by atoms with Crippen LogP contribution in [-0.2, 0) is 0 Å². The Kier molecular flexibility index (Phi) is 4.86. The summed E-state index contributed by atoms with van der Waals surface area (Å²) in [6.07, 6.45) is 0.790. The van der Waals surface area contributed by atoms with Crippen LogP contribution in [0.25, 0.3) is 0 Å². The molecule has 1 aromatic rings. The van der Waals surface area contributed by atoms with Gasteiger partial charge in [0.25, 0.3) is 5.91 Å². The molecule has 0 aromatic heterocycles. The van der Waals surface area contributed by atoms with E-state index in [9.17, 15) is 13.6 Å². The fraction of sp³-hybridized carbons (Fsp3) is 0.500. The van der Waals surface area contributed by atoms with Crippen molar-refractivity contribution in [3.63, 3.8) is 0 Å². The minimum absolute atomic E-state index is 0.0112. The van der Waals surface area contributed by atoms with Crippen molar-refractivity contribution in [3.05, 3.63) is 29.3 Å². The molecule has 1 rings (SSSR count). The maximum absolute atomic E-state index is 13.5. The van der Waals surface area contributed by atoms with Gasteiger partial charge in [-0.05, 0) is 24.0 Å². The van der Waals surface area contributed by atoms with Crippen molar-refractivity contribution in [2.45, 2.75) is 27.2 Å². The van der Waals surface area contributed by atoms with Crippen LogP contribution in [0.15, 0.2) is 12.1 Å². The lowest BCUT2D eigenvalue weighted by Crippen LogP contribution is -2.27. The maximum atomic E-state index is 13.5. The molecule has 0 bridgehead atoms. The van der Waals surface area contributed by atoms with Gasteiger partial charge in [-0.1, -0.05) is 20.8 Å². The molecule has 0 aliphatic carbocycles. The summed E-state index contributed by atoms with van der Waals surface area (Å²) in [5, 5.41) is 5.07. The average Bonchev–Trinajstić information content (AvgIpc) is 2.26. The minimum Gasteiger partial charge on any atom is -0.383 e. The Bertz CT molecular complexity index is 444. The van der Waals surface area contributed by atoms with Gasteiger partial charge in [0.2, 0.25) is 0 Å². The summed E-state index contributed by atoms with van der Waals surface area (Å²) in [4.78, 5) is 11.8. The van der Waals surface area contributed by atoms with Crippen LogP contribution in [-0.4, -0.2) is 19.5 Å². The Morgan fingerprint density at radius 3 is 2.16 bits per heavy atom. The molecule has 0 aliphatic rings. The van der Waals surface area contributed by atoms with E-state index < -0.39 is 17.5 Å². The van der Waals surface area contributed by atoms with Gasteiger partial charge in [0.05, 0.1) is 0 Å². The van der Waals surface area contributed by atoms with Crippen LogP contribution in [0.4, 0.5) is 14.5 Å². The van der Waals surface area contributed by atoms with E-state index in [0.717, 1.165) is 18.6 Å². The van der Waals surface area contributed by atoms with Crippen LogP contribution in [0, 0.1) is 17.0 Å². The highest BCUT2D eigenvalue weighted by Gasteiger charge is 2.15. The number of nitrogens with one attached hydrogen (secondary N) is 2. The van der Waals surface area contributed by atoms with Crippen LogP contribution in [0.2, 0.25) is 0 Å². The summed E-state index contributed by atoms with van der Waals surface area (Å²) < 4.78 is 27.0. The third kappa shape index (κ3) is 4.50. The molecule has 0 aliphatic heterocycles. The molecule has 0 atom stereocenters. The molecule has 2 N–H and O–H groups in total. The Hall–Kier alpha value is -1.65. The first-order chi connectivity index (χ1) is 8.74. The number of carbonyl (C=O) groups is 1. The van der Waals surface area contributed by atoms with E-state index in [2.05, 4.69) is 31.4 Å². The predicted molar refractivity (Wildman–Crippen MR) is 72.3 cm³/mol. The number of amides is 1. The molecule has 106 valence electrons. The summed E-state index contributed by atoms with van der Waals surface area (Å²) in [7, 11) is 1.42. The van der Waals surface area contributed by atoms with Crippen molar-refractivity contribution >= 4 is 11.6 Å². The first kappa shape index (κ1) is 15.4. The van der Waals surface area contributed by atoms with Gasteiger partial charge < -0.3 is 10.6 Å². The number of halogens is 2. The molecule has 1 amide bonds. The molecule has 19 heavy (non-hydrogen) atoms. The number of hydrogen-bond acceptors (Lipinski definition) is 2. The lowest BCUT2D eigenvalue weighted by atomic mass is 9.92. The Morgan fingerprint density at radius 2 is 1.74 bits per heavy atom. The SMILES string of the molecule is CNc1c(F)cc(C(=O)NCCC(C)(C)C)cc1F. The second-order valence-corrected chi connectivity index (χ2v) is 5.63. The monoisotopic (exact) mass is 270 g/mol. The Labute approximate surface area is 112 Å². The first-order valence-corrected chi connectivity index (χ1v) is 6.19. The van der Waals surface area contributed by atoms with Crippen molar-refractivity contribution < 1.29 is 13.6 Å². The smallest absolute Gasteiger partial charge is 0.251 e. The third-order valence-electron chi connectivity index (χ3n) is 2.71. The molecule has 0 heterocycles. The second-order valence-electron chi connectivity index (χ2n) is 5.63. The highest BCUT2D eigenvalue weighted by molar-refractivity contribution is 5.94. The molecular formula is C14H20F2N2O. The fourth-order valence-corrected chi connectivity index (χ4v) is 1.60. The minimum atomic E-state index is -0.775. The lowest BCUT2D eigenvalue weighted by Gasteiger charge is -2.18. The highest BCUT2D eigenvalue weighted by Crippen LogP contribution is 2.20. The van der Waals surface area contributed by atoms with Gasteiger partial charge in [0.15, 0.2) is 0 Å². The van der Waals surface area contributed by atoms with Gasteiger partial charge in [-0.15, -0.1) is 0 Å². The summed E-state index contributed by atoms with van der Waals surface area (Å²) in [6.45, 7) is 6.64. The summed E-state index contributed by atoms with van der Waals surface area (Å²) in [5.74, 6) is -2.02. The van der Waals surface area contributed by atoms with Gasteiger partial charge in [0.1, 0.15) is 17.3 Å². The molecule has 0 saturated carbocycles. The van der Waals surface area contributed by atoms with Crippen molar-refractivity contribution in [2.75, 3.05) is 18.9 Å². The molecule has 0 fully saturated rings.